The van der Waals surface area contributed by atoms with Crippen molar-refractivity contribution in [3.8, 4) is 0 Å². The van der Waals surface area contributed by atoms with E-state index in [1.54, 1.807) is 48.7 Å². The number of anilines is 1. The topological polar surface area (TPSA) is 117 Å². The zero-order valence-electron chi connectivity index (χ0n) is 18.3. The van der Waals surface area contributed by atoms with E-state index in [2.05, 4.69) is 20.9 Å². The summed E-state index contributed by atoms with van der Waals surface area (Å²) in [6.07, 6.45) is 6.81. The Morgan fingerprint density at radius 1 is 0.969 bits per heavy atom. The SMILES string of the molecule is CCC(=O)CCCCC[C@H](NC(=O)CNC(=O)c1ccccc1)C(=O)Nc1cccnc1. The van der Waals surface area contributed by atoms with Gasteiger partial charge in [-0.1, -0.05) is 38.0 Å². The van der Waals surface area contributed by atoms with E-state index in [4.69, 9.17) is 0 Å². The highest BCUT2D eigenvalue weighted by molar-refractivity contribution is 5.99. The van der Waals surface area contributed by atoms with Gasteiger partial charge in [-0.05, 0) is 37.1 Å². The summed E-state index contributed by atoms with van der Waals surface area (Å²) in [6.45, 7) is 1.60. The Morgan fingerprint density at radius 3 is 2.44 bits per heavy atom. The molecule has 0 aliphatic heterocycles. The number of unbranched alkanes of at least 4 members (excludes halogenated alkanes) is 2. The molecule has 0 radical (unpaired) electrons. The number of nitrogens with one attached hydrogen (secondary N) is 3. The third kappa shape index (κ3) is 9.07. The fourth-order valence-electron chi connectivity index (χ4n) is 3.06. The standard InChI is InChI=1S/C24H30N4O4/c1-2-20(29)13-7-4-8-14-21(24(32)27-19-12-9-15-25-16-19)28-22(30)17-26-23(31)18-10-5-3-6-11-18/h3,5-6,9-12,15-16,21H,2,4,7-8,13-14,17H2,1H3,(H,26,31)(H,27,32)(H,28,30)/t21-/m0/s1. The quantitative estimate of drug-likeness (QED) is 0.416. The zero-order chi connectivity index (χ0) is 23.2. The second-order valence-corrected chi connectivity index (χ2v) is 7.39. The van der Waals surface area contributed by atoms with Gasteiger partial charge < -0.3 is 16.0 Å². The van der Waals surface area contributed by atoms with Crippen LogP contribution in [-0.2, 0) is 14.4 Å². The molecule has 0 saturated heterocycles. The zero-order valence-corrected chi connectivity index (χ0v) is 18.3. The molecule has 0 fully saturated rings. The molecule has 0 aliphatic rings. The Morgan fingerprint density at radius 2 is 1.75 bits per heavy atom. The lowest BCUT2D eigenvalue weighted by atomic mass is 10.0. The van der Waals surface area contributed by atoms with Crippen LogP contribution in [0.2, 0.25) is 0 Å². The molecule has 8 nitrogen and oxygen atoms in total. The van der Waals surface area contributed by atoms with E-state index in [1.807, 2.05) is 6.92 Å². The van der Waals surface area contributed by atoms with Gasteiger partial charge >= 0.3 is 0 Å². The van der Waals surface area contributed by atoms with Crippen LogP contribution >= 0.6 is 0 Å². The van der Waals surface area contributed by atoms with Crippen LogP contribution in [-0.4, -0.2) is 41.1 Å². The van der Waals surface area contributed by atoms with E-state index in [1.165, 1.54) is 6.20 Å². The van der Waals surface area contributed by atoms with E-state index in [9.17, 15) is 19.2 Å². The van der Waals surface area contributed by atoms with Crippen molar-refractivity contribution in [1.82, 2.24) is 15.6 Å². The Balaban J connectivity index is 1.88. The number of aromatic nitrogens is 1. The number of hydrogen-bond donors (Lipinski definition) is 3. The van der Waals surface area contributed by atoms with Gasteiger partial charge in [-0.25, -0.2) is 0 Å². The molecule has 2 aromatic rings. The number of Topliss-reactive ketones (excluding diaryl/α,β-unsaturated/α-hetero) is 1. The molecule has 32 heavy (non-hydrogen) atoms. The first-order chi connectivity index (χ1) is 15.5. The lowest BCUT2D eigenvalue weighted by Gasteiger charge is -2.19. The number of benzene rings is 1. The van der Waals surface area contributed by atoms with Gasteiger partial charge in [0.15, 0.2) is 0 Å². The molecular weight excluding hydrogens is 408 g/mol. The largest absolute Gasteiger partial charge is 0.343 e. The molecule has 170 valence electrons. The number of ketones is 1. The molecule has 8 heteroatoms. The monoisotopic (exact) mass is 438 g/mol. The lowest BCUT2D eigenvalue weighted by molar-refractivity contribution is -0.126. The molecular formula is C24H30N4O4. The summed E-state index contributed by atoms with van der Waals surface area (Å²) in [4.78, 5) is 52.7. The summed E-state index contributed by atoms with van der Waals surface area (Å²) in [5.74, 6) is -0.955. The first kappa shape index (κ1) is 24.7. The smallest absolute Gasteiger partial charge is 0.251 e. The number of carbonyl (C=O) groups excluding carboxylic acids is 4. The number of pyridine rings is 1. The Bertz CT molecular complexity index is 887. The molecule has 0 unspecified atom stereocenters. The summed E-state index contributed by atoms with van der Waals surface area (Å²) in [7, 11) is 0. The highest BCUT2D eigenvalue weighted by Gasteiger charge is 2.21. The third-order valence-electron chi connectivity index (χ3n) is 4.87. The highest BCUT2D eigenvalue weighted by Crippen LogP contribution is 2.10. The normalized spacial score (nSPS) is 11.3. The highest BCUT2D eigenvalue weighted by atomic mass is 16.2. The van der Waals surface area contributed by atoms with Crippen molar-refractivity contribution in [3.63, 3.8) is 0 Å². The van der Waals surface area contributed by atoms with Crippen molar-refractivity contribution in [2.45, 2.75) is 51.5 Å². The van der Waals surface area contributed by atoms with Crippen molar-refractivity contribution in [2.75, 3.05) is 11.9 Å². The van der Waals surface area contributed by atoms with Crippen LogP contribution in [0.1, 0.15) is 55.8 Å². The van der Waals surface area contributed by atoms with Crippen LogP contribution in [0.4, 0.5) is 5.69 Å². The van der Waals surface area contributed by atoms with Gasteiger partial charge in [-0.15, -0.1) is 0 Å². The molecule has 1 aromatic heterocycles. The van der Waals surface area contributed by atoms with Crippen LogP contribution in [0.15, 0.2) is 54.9 Å². The molecule has 2 rings (SSSR count). The van der Waals surface area contributed by atoms with Crippen LogP contribution in [0.5, 0.6) is 0 Å². The van der Waals surface area contributed by atoms with Gasteiger partial charge in [0.25, 0.3) is 5.91 Å². The summed E-state index contributed by atoms with van der Waals surface area (Å²) in [5, 5.41) is 8.01. The van der Waals surface area contributed by atoms with Crippen molar-refractivity contribution >= 4 is 29.2 Å². The fraction of sp³-hybridized carbons (Fsp3) is 0.375. The van der Waals surface area contributed by atoms with Crippen LogP contribution in [0.3, 0.4) is 0 Å². The van der Waals surface area contributed by atoms with Gasteiger partial charge in [0.2, 0.25) is 11.8 Å². The second-order valence-electron chi connectivity index (χ2n) is 7.39. The molecule has 1 atom stereocenters. The van der Waals surface area contributed by atoms with Crippen molar-refractivity contribution in [3.05, 3.63) is 60.4 Å². The number of hydrogen-bond acceptors (Lipinski definition) is 5. The molecule has 3 amide bonds. The average molecular weight is 439 g/mol. The van der Waals surface area contributed by atoms with Gasteiger partial charge in [-0.2, -0.15) is 0 Å². The Kier molecular flexibility index (Phi) is 10.6. The fourth-order valence-corrected chi connectivity index (χ4v) is 3.06. The van der Waals surface area contributed by atoms with E-state index in [-0.39, 0.29) is 24.1 Å². The minimum atomic E-state index is -0.766. The summed E-state index contributed by atoms with van der Waals surface area (Å²) < 4.78 is 0. The first-order valence-corrected chi connectivity index (χ1v) is 10.8. The second kappa shape index (κ2) is 13.7. The van der Waals surface area contributed by atoms with Crippen LogP contribution in [0, 0.1) is 0 Å². The number of amides is 3. The first-order valence-electron chi connectivity index (χ1n) is 10.8. The molecule has 3 N–H and O–H groups in total. The minimum Gasteiger partial charge on any atom is -0.343 e. The van der Waals surface area contributed by atoms with Crippen molar-refractivity contribution in [2.24, 2.45) is 0 Å². The van der Waals surface area contributed by atoms with E-state index < -0.39 is 11.9 Å². The van der Waals surface area contributed by atoms with E-state index >= 15 is 0 Å². The molecule has 0 aliphatic carbocycles. The van der Waals surface area contributed by atoms with Gasteiger partial charge in [0.05, 0.1) is 18.4 Å². The maximum Gasteiger partial charge on any atom is 0.251 e. The predicted octanol–water partition coefficient (Wildman–Crippen LogP) is 2.86. The molecule has 0 saturated carbocycles. The molecule has 0 bridgehead atoms. The summed E-state index contributed by atoms with van der Waals surface area (Å²) >= 11 is 0. The van der Waals surface area contributed by atoms with Gasteiger partial charge in [-0.3, -0.25) is 24.2 Å². The summed E-state index contributed by atoms with van der Waals surface area (Å²) in [5.41, 5.74) is 0.982. The summed E-state index contributed by atoms with van der Waals surface area (Å²) in [6, 6.07) is 11.2. The van der Waals surface area contributed by atoms with Crippen LogP contribution < -0.4 is 16.0 Å². The lowest BCUT2D eigenvalue weighted by Crippen LogP contribution is -2.47. The number of carbonyl (C=O) groups is 4. The Labute approximate surface area is 188 Å². The maximum atomic E-state index is 12.7. The third-order valence-corrected chi connectivity index (χ3v) is 4.87. The van der Waals surface area contributed by atoms with E-state index in [0.29, 0.717) is 36.9 Å². The van der Waals surface area contributed by atoms with Crippen molar-refractivity contribution < 1.29 is 19.2 Å². The number of rotatable bonds is 13. The predicted molar refractivity (Wildman–Crippen MR) is 122 cm³/mol. The van der Waals surface area contributed by atoms with Gasteiger partial charge in [0.1, 0.15) is 11.8 Å². The average Bonchev–Trinajstić information content (AvgIpc) is 2.82. The maximum absolute atomic E-state index is 12.7. The molecule has 0 spiro atoms. The molecule has 1 heterocycles. The van der Waals surface area contributed by atoms with Crippen molar-refractivity contribution in [1.29, 1.82) is 0 Å². The minimum absolute atomic E-state index is 0.221. The number of nitrogens with zero attached hydrogens (tertiary/aromatic N) is 1. The molecule has 1 aromatic carbocycles. The van der Waals surface area contributed by atoms with Gasteiger partial charge in [0, 0.05) is 24.6 Å². The Hall–Kier alpha value is -3.55. The van der Waals surface area contributed by atoms with E-state index in [0.717, 1.165) is 12.8 Å². The van der Waals surface area contributed by atoms with Crippen LogP contribution in [0.25, 0.3) is 0 Å².